The summed E-state index contributed by atoms with van der Waals surface area (Å²) in [7, 11) is 0. The normalized spacial score (nSPS) is 14.0. The van der Waals surface area contributed by atoms with E-state index in [2.05, 4.69) is 10.5 Å². The molecule has 1 amide bonds. The van der Waals surface area contributed by atoms with Crippen molar-refractivity contribution in [1.82, 2.24) is 9.99 Å². The van der Waals surface area contributed by atoms with Gasteiger partial charge in [0, 0.05) is 17.5 Å². The minimum atomic E-state index is -0.808. The van der Waals surface area contributed by atoms with Crippen LogP contribution < -0.4 is 10.2 Å². The number of thiazole rings is 1. The highest BCUT2D eigenvalue weighted by molar-refractivity contribution is 7.11. The van der Waals surface area contributed by atoms with Gasteiger partial charge in [-0.2, -0.15) is 0 Å². The maximum Gasteiger partial charge on any atom is 0.350 e. The molecular formula is C21H19N3O5S. The van der Waals surface area contributed by atoms with Crippen LogP contribution in [0.2, 0.25) is 0 Å². The Morgan fingerprint density at radius 3 is 2.50 bits per heavy atom. The van der Waals surface area contributed by atoms with E-state index in [1.807, 2.05) is 31.2 Å². The zero-order chi connectivity index (χ0) is 21.8. The summed E-state index contributed by atoms with van der Waals surface area (Å²) < 4.78 is 6.82. The second-order valence-corrected chi connectivity index (χ2v) is 7.38. The summed E-state index contributed by atoms with van der Waals surface area (Å²) in [6, 6.07) is 7.55. The van der Waals surface area contributed by atoms with E-state index in [1.165, 1.54) is 0 Å². The molecular weight excluding hydrogens is 406 g/mol. The molecule has 1 aliphatic rings. The third-order valence-electron chi connectivity index (χ3n) is 4.25. The highest BCUT2D eigenvalue weighted by Crippen LogP contribution is 2.18. The fourth-order valence-corrected chi connectivity index (χ4v) is 3.75. The molecule has 0 spiro atoms. The van der Waals surface area contributed by atoms with Crippen LogP contribution in [0.1, 0.15) is 27.9 Å². The monoisotopic (exact) mass is 425 g/mol. The zero-order valence-corrected chi connectivity index (χ0v) is 17.4. The molecule has 0 atom stereocenters. The number of esters is 1. The van der Waals surface area contributed by atoms with Crippen LogP contribution in [0.25, 0.3) is 5.69 Å². The van der Waals surface area contributed by atoms with E-state index < -0.39 is 23.4 Å². The molecule has 1 aliphatic carbocycles. The van der Waals surface area contributed by atoms with Crippen molar-refractivity contribution in [2.75, 3.05) is 6.61 Å². The highest BCUT2D eigenvalue weighted by Gasteiger charge is 2.22. The van der Waals surface area contributed by atoms with Crippen molar-refractivity contribution in [3.8, 4) is 5.69 Å². The maximum absolute atomic E-state index is 12.4. The number of ether oxygens (including phenoxy) is 1. The van der Waals surface area contributed by atoms with Crippen LogP contribution >= 0.6 is 11.3 Å². The number of nitrogens with zero attached hydrogens (tertiary/aromatic N) is 2. The molecule has 1 aromatic carbocycles. The predicted octanol–water partition coefficient (Wildman–Crippen LogP) is 1.90. The SMILES string of the molecule is CCOC(=O)c1s/c(=N/NC(=O)C2=CC(=O)C=CC2=O)n(-c2ccc(C)cc2)c1C. The maximum atomic E-state index is 12.4. The molecule has 9 heteroatoms. The lowest BCUT2D eigenvalue weighted by molar-refractivity contribution is -0.122. The minimum absolute atomic E-state index is 0.224. The number of aromatic nitrogens is 1. The molecule has 0 fully saturated rings. The fourth-order valence-electron chi connectivity index (χ4n) is 2.76. The van der Waals surface area contributed by atoms with Crippen molar-refractivity contribution in [2.45, 2.75) is 20.8 Å². The van der Waals surface area contributed by atoms with E-state index in [4.69, 9.17) is 4.74 Å². The van der Waals surface area contributed by atoms with Crippen LogP contribution in [0.5, 0.6) is 0 Å². The third-order valence-corrected chi connectivity index (χ3v) is 5.37. The average Bonchev–Trinajstić information content (AvgIpc) is 3.05. The number of allylic oxidation sites excluding steroid dienone is 3. The van der Waals surface area contributed by atoms with Gasteiger partial charge in [-0.05, 0) is 45.1 Å². The minimum Gasteiger partial charge on any atom is -0.462 e. The van der Waals surface area contributed by atoms with Crippen molar-refractivity contribution in [3.63, 3.8) is 0 Å². The molecule has 2 aromatic rings. The molecule has 0 bridgehead atoms. The molecule has 1 heterocycles. The Kier molecular flexibility index (Phi) is 6.22. The van der Waals surface area contributed by atoms with E-state index in [1.54, 1.807) is 18.4 Å². The number of amides is 1. The Balaban J connectivity index is 2.04. The van der Waals surface area contributed by atoms with Gasteiger partial charge in [0.05, 0.1) is 12.2 Å². The van der Waals surface area contributed by atoms with Crippen LogP contribution in [-0.2, 0) is 19.1 Å². The summed E-state index contributed by atoms with van der Waals surface area (Å²) >= 11 is 1.04. The quantitative estimate of drug-likeness (QED) is 0.341. The largest absolute Gasteiger partial charge is 0.462 e. The number of aryl methyl sites for hydroxylation is 1. The first-order valence-corrected chi connectivity index (χ1v) is 9.92. The lowest BCUT2D eigenvalue weighted by atomic mass is 10.0. The predicted molar refractivity (Wildman–Crippen MR) is 110 cm³/mol. The van der Waals surface area contributed by atoms with Crippen LogP contribution in [0.15, 0.2) is 53.2 Å². The zero-order valence-electron chi connectivity index (χ0n) is 16.6. The first kappa shape index (κ1) is 21.1. The number of rotatable bonds is 5. The summed E-state index contributed by atoms with van der Waals surface area (Å²) in [6.45, 7) is 5.64. The van der Waals surface area contributed by atoms with Crippen LogP contribution in [0.4, 0.5) is 0 Å². The van der Waals surface area contributed by atoms with E-state index >= 15 is 0 Å². The third kappa shape index (κ3) is 4.36. The highest BCUT2D eigenvalue weighted by atomic mass is 32.1. The first-order valence-electron chi connectivity index (χ1n) is 9.10. The van der Waals surface area contributed by atoms with E-state index in [-0.39, 0.29) is 12.2 Å². The number of hydrogen-bond donors (Lipinski definition) is 1. The van der Waals surface area contributed by atoms with Gasteiger partial charge in [-0.3, -0.25) is 19.0 Å². The van der Waals surface area contributed by atoms with Gasteiger partial charge in [-0.25, -0.2) is 10.2 Å². The van der Waals surface area contributed by atoms with E-state index in [0.29, 0.717) is 15.4 Å². The Labute approximate surface area is 176 Å². The Morgan fingerprint density at radius 1 is 1.13 bits per heavy atom. The lowest BCUT2D eigenvalue weighted by Gasteiger charge is -2.08. The molecule has 0 saturated carbocycles. The van der Waals surface area contributed by atoms with Crippen LogP contribution in [-0.4, -0.2) is 34.6 Å². The summed E-state index contributed by atoms with van der Waals surface area (Å²) in [5, 5.41) is 4.11. The van der Waals surface area contributed by atoms with Gasteiger partial charge >= 0.3 is 5.97 Å². The molecule has 8 nitrogen and oxygen atoms in total. The summed E-state index contributed by atoms with van der Waals surface area (Å²) in [6.07, 6.45) is 3.10. The van der Waals surface area contributed by atoms with Crippen molar-refractivity contribution in [1.29, 1.82) is 0 Å². The number of ketones is 2. The van der Waals surface area contributed by atoms with Gasteiger partial charge in [0.2, 0.25) is 4.80 Å². The van der Waals surface area contributed by atoms with Crippen molar-refractivity contribution >= 4 is 34.8 Å². The molecule has 0 unspecified atom stereocenters. The Morgan fingerprint density at radius 2 is 1.83 bits per heavy atom. The number of hydrogen-bond acceptors (Lipinski definition) is 7. The summed E-state index contributed by atoms with van der Waals surface area (Å²) in [4.78, 5) is 48.7. The second-order valence-electron chi connectivity index (χ2n) is 6.40. The topological polar surface area (TPSA) is 107 Å². The van der Waals surface area contributed by atoms with Crippen molar-refractivity contribution in [3.05, 3.63) is 69.0 Å². The summed E-state index contributed by atoms with van der Waals surface area (Å²) in [5.74, 6) is -2.33. The molecule has 30 heavy (non-hydrogen) atoms. The standard InChI is InChI=1S/C21H19N3O5S/c1-4-29-20(28)18-13(3)24(14-7-5-12(2)6-8-14)21(30-18)23-22-19(27)16-11-15(25)9-10-17(16)26/h5-11H,4H2,1-3H3,(H,22,27)/b23-21+. The summed E-state index contributed by atoms with van der Waals surface area (Å²) in [5.41, 5.74) is 4.40. The first-order chi connectivity index (χ1) is 14.3. The smallest absolute Gasteiger partial charge is 0.350 e. The Hall–Kier alpha value is -3.59. The molecule has 0 aliphatic heterocycles. The van der Waals surface area contributed by atoms with Gasteiger partial charge in [0.25, 0.3) is 5.91 Å². The lowest BCUT2D eigenvalue weighted by Crippen LogP contribution is -2.29. The van der Waals surface area contributed by atoms with Gasteiger partial charge < -0.3 is 4.74 Å². The van der Waals surface area contributed by atoms with Gasteiger partial charge in [0.1, 0.15) is 4.88 Å². The van der Waals surface area contributed by atoms with Crippen molar-refractivity contribution < 1.29 is 23.9 Å². The number of nitrogens with one attached hydrogen (secondary N) is 1. The van der Waals surface area contributed by atoms with Gasteiger partial charge in [0.15, 0.2) is 11.6 Å². The van der Waals surface area contributed by atoms with E-state index in [0.717, 1.165) is 40.8 Å². The Bertz CT molecular complexity index is 1170. The number of carbonyl (C=O) groups excluding carboxylic acids is 4. The molecule has 0 saturated heterocycles. The molecule has 0 radical (unpaired) electrons. The molecule has 3 rings (SSSR count). The van der Waals surface area contributed by atoms with Gasteiger partial charge in [-0.15, -0.1) is 5.10 Å². The van der Waals surface area contributed by atoms with Crippen LogP contribution in [0.3, 0.4) is 0 Å². The number of benzene rings is 1. The molecule has 154 valence electrons. The molecule has 1 N–H and O–H groups in total. The van der Waals surface area contributed by atoms with Gasteiger partial charge in [-0.1, -0.05) is 29.0 Å². The van der Waals surface area contributed by atoms with E-state index in [9.17, 15) is 19.2 Å². The van der Waals surface area contributed by atoms with Crippen molar-refractivity contribution in [2.24, 2.45) is 5.10 Å². The molecule has 1 aromatic heterocycles. The number of carbonyl (C=O) groups is 4. The fraction of sp³-hybridized carbons (Fsp3) is 0.190. The second kappa shape index (κ2) is 8.83. The van der Waals surface area contributed by atoms with Crippen LogP contribution in [0, 0.1) is 13.8 Å². The average molecular weight is 425 g/mol.